The van der Waals surface area contributed by atoms with Gasteiger partial charge in [-0.2, -0.15) is 8.42 Å². The standard InChI is InChI=1S/C15H16N2O5S/c1-5-10-7(2)14(18)17-12(10)6-11-8(3)13(23(20,21)22)9(4)16(11)15(17)19/h6H,5H2,1-4H3,(H,20,21,22). The Morgan fingerprint density at radius 3 is 2.30 bits per heavy atom. The van der Waals surface area contributed by atoms with E-state index in [0.29, 0.717) is 23.2 Å². The molecule has 0 amide bonds. The second kappa shape index (κ2) is 4.65. The van der Waals surface area contributed by atoms with Crippen molar-refractivity contribution in [3.05, 3.63) is 39.1 Å². The number of carbonyl (C=O) groups is 1. The molecule has 2 aromatic rings. The lowest BCUT2D eigenvalue weighted by Crippen LogP contribution is -2.31. The first kappa shape index (κ1) is 15.7. The van der Waals surface area contributed by atoms with Crippen LogP contribution in [0.1, 0.15) is 42.0 Å². The molecule has 0 saturated carbocycles. The summed E-state index contributed by atoms with van der Waals surface area (Å²) in [4.78, 5) is 24.8. The van der Waals surface area contributed by atoms with E-state index in [4.69, 9.17) is 0 Å². The predicted molar refractivity (Wildman–Crippen MR) is 84.5 cm³/mol. The Hall–Kier alpha value is -2.19. The van der Waals surface area contributed by atoms with Gasteiger partial charge in [0.05, 0.1) is 11.2 Å². The van der Waals surface area contributed by atoms with Crippen molar-refractivity contribution in [2.75, 3.05) is 0 Å². The summed E-state index contributed by atoms with van der Waals surface area (Å²) in [6.07, 6.45) is 0.580. The fourth-order valence-electron chi connectivity index (χ4n) is 3.39. The molecule has 8 heteroatoms. The van der Waals surface area contributed by atoms with E-state index >= 15 is 0 Å². The molecule has 0 aromatic carbocycles. The highest BCUT2D eigenvalue weighted by Gasteiger charge is 2.31. The van der Waals surface area contributed by atoms with Crippen LogP contribution in [0.3, 0.4) is 0 Å². The second-order valence-corrected chi connectivity index (χ2v) is 7.00. The van der Waals surface area contributed by atoms with E-state index in [9.17, 15) is 22.6 Å². The average molecular weight is 336 g/mol. The maximum absolute atomic E-state index is 12.8. The van der Waals surface area contributed by atoms with E-state index in [1.54, 1.807) is 13.0 Å². The molecule has 0 fully saturated rings. The van der Waals surface area contributed by atoms with Gasteiger partial charge in [0.2, 0.25) is 0 Å². The van der Waals surface area contributed by atoms with Crippen LogP contribution in [0.4, 0.5) is 0 Å². The van der Waals surface area contributed by atoms with Crippen molar-refractivity contribution in [1.29, 1.82) is 0 Å². The van der Waals surface area contributed by atoms with Crippen LogP contribution in [-0.2, 0) is 10.1 Å². The zero-order chi connectivity index (χ0) is 17.3. The average Bonchev–Trinajstić information content (AvgIpc) is 2.83. The third-order valence-electron chi connectivity index (χ3n) is 4.42. The molecule has 0 saturated heterocycles. The lowest BCUT2D eigenvalue weighted by atomic mass is 10.1. The maximum Gasteiger partial charge on any atom is 0.340 e. The van der Waals surface area contributed by atoms with Crippen LogP contribution < -0.4 is 5.69 Å². The number of hydrogen-bond donors (Lipinski definition) is 1. The fourth-order valence-corrected chi connectivity index (χ4v) is 4.34. The lowest BCUT2D eigenvalue weighted by Gasteiger charge is -2.07. The molecule has 0 unspecified atom stereocenters. The number of fused-ring (bicyclic) bond motifs is 2. The number of hydrogen-bond acceptors (Lipinski definition) is 4. The van der Waals surface area contributed by atoms with Gasteiger partial charge in [0.1, 0.15) is 4.90 Å². The Bertz CT molecular complexity index is 1080. The molecule has 1 N–H and O–H groups in total. The smallest absolute Gasteiger partial charge is 0.282 e. The molecular formula is C15H16N2O5S. The molecule has 7 nitrogen and oxygen atoms in total. The van der Waals surface area contributed by atoms with Crippen LogP contribution in [0.2, 0.25) is 0 Å². The number of allylic oxidation sites excluding steroid dienone is 2. The number of aromatic nitrogens is 2. The van der Waals surface area contributed by atoms with Crippen molar-refractivity contribution in [3.63, 3.8) is 0 Å². The van der Waals surface area contributed by atoms with E-state index in [0.717, 1.165) is 14.5 Å². The summed E-state index contributed by atoms with van der Waals surface area (Å²) in [7, 11) is -4.47. The van der Waals surface area contributed by atoms with Gasteiger partial charge >= 0.3 is 5.69 Å². The molecular weight excluding hydrogens is 320 g/mol. The van der Waals surface area contributed by atoms with Gasteiger partial charge in [0, 0.05) is 11.3 Å². The van der Waals surface area contributed by atoms with E-state index in [-0.39, 0.29) is 16.2 Å². The first-order valence-corrected chi connectivity index (χ1v) is 8.55. The Kier molecular flexibility index (Phi) is 3.18. The number of aryl methyl sites for hydroxylation is 2. The van der Waals surface area contributed by atoms with Gasteiger partial charge in [0.15, 0.2) is 0 Å². The summed E-state index contributed by atoms with van der Waals surface area (Å²) in [5.41, 5.74) is 1.90. The van der Waals surface area contributed by atoms with Crippen LogP contribution in [0.15, 0.2) is 21.3 Å². The molecule has 3 rings (SSSR count). The summed E-state index contributed by atoms with van der Waals surface area (Å²) in [6, 6.07) is 1.63. The topological polar surface area (TPSA) is 97.8 Å². The van der Waals surface area contributed by atoms with Gasteiger partial charge in [-0.25, -0.2) is 9.36 Å². The maximum atomic E-state index is 12.8. The minimum atomic E-state index is -4.47. The molecule has 3 heterocycles. The minimum Gasteiger partial charge on any atom is -0.282 e. The quantitative estimate of drug-likeness (QED) is 0.843. The summed E-state index contributed by atoms with van der Waals surface area (Å²) in [5.74, 6) is -0.400. The van der Waals surface area contributed by atoms with E-state index in [1.165, 1.54) is 13.8 Å². The molecule has 0 radical (unpaired) electrons. The van der Waals surface area contributed by atoms with E-state index < -0.39 is 21.7 Å². The molecule has 0 bridgehead atoms. The summed E-state index contributed by atoms with van der Waals surface area (Å²) >= 11 is 0. The van der Waals surface area contributed by atoms with Crippen molar-refractivity contribution in [1.82, 2.24) is 8.97 Å². The molecule has 0 atom stereocenters. The van der Waals surface area contributed by atoms with E-state index in [2.05, 4.69) is 0 Å². The molecule has 2 aromatic heterocycles. The Balaban J connectivity index is 2.56. The summed E-state index contributed by atoms with van der Waals surface area (Å²) < 4.78 is 34.8. The molecule has 1 aliphatic heterocycles. The summed E-state index contributed by atoms with van der Waals surface area (Å²) in [5, 5.41) is 0. The van der Waals surface area contributed by atoms with Crippen LogP contribution in [0.5, 0.6) is 0 Å². The highest BCUT2D eigenvalue weighted by molar-refractivity contribution is 7.86. The van der Waals surface area contributed by atoms with Crippen molar-refractivity contribution in [3.8, 4) is 0 Å². The molecule has 0 aliphatic carbocycles. The monoisotopic (exact) mass is 336 g/mol. The highest BCUT2D eigenvalue weighted by atomic mass is 32.2. The van der Waals surface area contributed by atoms with Crippen molar-refractivity contribution < 1.29 is 17.8 Å². The van der Waals surface area contributed by atoms with Gasteiger partial charge in [-0.1, -0.05) is 6.92 Å². The van der Waals surface area contributed by atoms with Crippen LogP contribution in [0.25, 0.3) is 11.1 Å². The molecule has 0 spiro atoms. The predicted octanol–water partition coefficient (Wildman–Crippen LogP) is 1.80. The van der Waals surface area contributed by atoms with Crippen LogP contribution >= 0.6 is 0 Å². The Labute approximate surface area is 132 Å². The van der Waals surface area contributed by atoms with E-state index in [1.807, 2.05) is 6.92 Å². The van der Waals surface area contributed by atoms with Gasteiger partial charge in [0.25, 0.3) is 16.0 Å². The van der Waals surface area contributed by atoms with Gasteiger partial charge < -0.3 is 0 Å². The SMILES string of the molecule is CCC1=C(C)C(=O)n2c1cc1c(C)c(S(=O)(=O)O)c(C)n1c2=O. The number of carbonyl (C=O) groups excluding carboxylic acids is 1. The van der Waals surface area contributed by atoms with Gasteiger partial charge in [-0.05, 0) is 44.4 Å². The fraction of sp³-hybridized carbons (Fsp3) is 0.333. The van der Waals surface area contributed by atoms with Gasteiger partial charge in [-0.15, -0.1) is 0 Å². The zero-order valence-electron chi connectivity index (χ0n) is 13.2. The highest BCUT2D eigenvalue weighted by Crippen LogP contribution is 2.32. The normalized spacial score (nSPS) is 14.9. The molecule has 122 valence electrons. The largest absolute Gasteiger partial charge is 0.340 e. The molecule has 1 aliphatic rings. The Morgan fingerprint density at radius 2 is 1.78 bits per heavy atom. The third-order valence-corrected chi connectivity index (χ3v) is 5.54. The van der Waals surface area contributed by atoms with Crippen LogP contribution in [0, 0.1) is 13.8 Å². The zero-order valence-corrected chi connectivity index (χ0v) is 14.0. The van der Waals surface area contributed by atoms with Crippen LogP contribution in [-0.4, -0.2) is 27.8 Å². The van der Waals surface area contributed by atoms with Crippen molar-refractivity contribution in [2.24, 2.45) is 0 Å². The number of nitrogens with zero attached hydrogens (tertiary/aromatic N) is 2. The van der Waals surface area contributed by atoms with Crippen molar-refractivity contribution >= 4 is 27.1 Å². The Morgan fingerprint density at radius 1 is 1.17 bits per heavy atom. The summed E-state index contributed by atoms with van der Waals surface area (Å²) in [6.45, 7) is 6.52. The van der Waals surface area contributed by atoms with Gasteiger partial charge in [-0.3, -0.25) is 13.7 Å². The minimum absolute atomic E-state index is 0.0932. The second-order valence-electron chi connectivity index (χ2n) is 5.65. The first-order chi connectivity index (χ1) is 10.6. The molecule has 23 heavy (non-hydrogen) atoms. The lowest BCUT2D eigenvalue weighted by molar-refractivity contribution is 0.0955. The number of rotatable bonds is 2. The third kappa shape index (κ3) is 1.88. The first-order valence-electron chi connectivity index (χ1n) is 7.11. The van der Waals surface area contributed by atoms with Crippen molar-refractivity contribution in [2.45, 2.75) is 39.0 Å².